The highest BCUT2D eigenvalue weighted by Gasteiger charge is 2.48. The number of rotatable bonds is 7. The first-order valence-corrected chi connectivity index (χ1v) is 13.4. The Labute approximate surface area is 222 Å². The van der Waals surface area contributed by atoms with Crippen molar-refractivity contribution in [2.45, 2.75) is 38.0 Å². The number of hydrogen-bond acceptors (Lipinski definition) is 4. The van der Waals surface area contributed by atoms with E-state index in [2.05, 4.69) is 4.98 Å². The van der Waals surface area contributed by atoms with Gasteiger partial charge < -0.3 is 18.7 Å². The van der Waals surface area contributed by atoms with Crippen LogP contribution in [-0.2, 0) is 12.1 Å². The number of halogens is 1. The second kappa shape index (κ2) is 9.64. The maximum Gasteiger partial charge on any atom is 0.236 e. The van der Waals surface area contributed by atoms with E-state index in [-0.39, 0.29) is 6.10 Å². The molecule has 4 heterocycles. The number of fused-ring (bicyclic) bond motifs is 3. The maximum atomic E-state index is 12.0. The molecule has 4 aromatic rings. The van der Waals surface area contributed by atoms with Crippen LogP contribution in [0.25, 0.3) is 0 Å². The van der Waals surface area contributed by atoms with Crippen LogP contribution in [0.15, 0.2) is 89.5 Å². The van der Waals surface area contributed by atoms with Crippen LogP contribution < -0.4 is 4.74 Å². The molecular formula is C31H32ClN2O3+. The quantitative estimate of drug-likeness (QED) is 0.302. The highest BCUT2D eigenvalue weighted by atomic mass is 35.5. The van der Waals surface area contributed by atoms with Gasteiger partial charge in [0.15, 0.2) is 17.5 Å². The lowest BCUT2D eigenvalue weighted by Gasteiger charge is -2.51. The van der Waals surface area contributed by atoms with Crippen LogP contribution in [0.3, 0.4) is 0 Å². The Bertz CT molecular complexity index is 1320. The molecule has 0 radical (unpaired) electrons. The summed E-state index contributed by atoms with van der Waals surface area (Å²) < 4.78 is 13.7. The van der Waals surface area contributed by atoms with E-state index in [0.29, 0.717) is 11.8 Å². The van der Waals surface area contributed by atoms with Crippen molar-refractivity contribution < 1.29 is 18.7 Å². The molecule has 7 rings (SSSR count). The van der Waals surface area contributed by atoms with E-state index in [1.807, 2.05) is 85.8 Å². The molecule has 5 nitrogen and oxygen atoms in total. The molecule has 190 valence electrons. The van der Waals surface area contributed by atoms with Gasteiger partial charge in [-0.2, -0.15) is 0 Å². The lowest BCUT2D eigenvalue weighted by atomic mass is 9.83. The molecule has 1 atom stereocenters. The summed E-state index contributed by atoms with van der Waals surface area (Å²) in [5, 5.41) is 12.8. The SMILES string of the molecule is Cc1ccc(OC2C[N+]3(Cc4cnc(C(O)(c5ccccc5)c5ccccc5)o4)CCC2CC3)cc1Cl. The van der Waals surface area contributed by atoms with Gasteiger partial charge in [-0.3, -0.25) is 0 Å². The summed E-state index contributed by atoms with van der Waals surface area (Å²) in [6, 6.07) is 25.2. The van der Waals surface area contributed by atoms with Gasteiger partial charge in [-0.15, -0.1) is 0 Å². The fourth-order valence-electron chi connectivity index (χ4n) is 6.05. The molecule has 0 amide bonds. The Morgan fingerprint density at radius 3 is 2.27 bits per heavy atom. The minimum absolute atomic E-state index is 0.147. The Kier molecular flexibility index (Phi) is 6.31. The van der Waals surface area contributed by atoms with Crippen LogP contribution in [0.5, 0.6) is 5.75 Å². The number of nitrogens with zero attached hydrogens (tertiary/aromatic N) is 2. The smallest absolute Gasteiger partial charge is 0.236 e. The standard InChI is InChI=1S/C31H32ClN2O3/c1-22-12-13-26(18-28(22)32)36-29-21-34(16-14-23(29)15-17-34)20-27-19-33-30(37-27)31(35,24-8-4-2-5-9-24)25-10-6-3-7-11-25/h2-13,18-19,23,29,35H,14-17,20-21H2,1H3/q+1. The zero-order valence-corrected chi connectivity index (χ0v) is 21.8. The summed E-state index contributed by atoms with van der Waals surface area (Å²) in [6.45, 7) is 5.85. The van der Waals surface area contributed by atoms with Crippen LogP contribution in [0.2, 0.25) is 5.02 Å². The van der Waals surface area contributed by atoms with Gasteiger partial charge in [0, 0.05) is 23.8 Å². The van der Waals surface area contributed by atoms with Crippen molar-refractivity contribution in [2.75, 3.05) is 19.6 Å². The molecule has 1 N–H and O–H groups in total. The van der Waals surface area contributed by atoms with Crippen molar-refractivity contribution in [3.63, 3.8) is 0 Å². The number of benzene rings is 3. The third-order valence-electron chi connectivity index (χ3n) is 8.21. The Morgan fingerprint density at radius 1 is 1.00 bits per heavy atom. The topological polar surface area (TPSA) is 55.5 Å². The fraction of sp³-hybridized carbons (Fsp3) is 0.323. The average Bonchev–Trinajstić information content (AvgIpc) is 3.40. The molecule has 3 aromatic carbocycles. The van der Waals surface area contributed by atoms with Crippen LogP contribution >= 0.6 is 11.6 Å². The molecule has 3 aliphatic heterocycles. The number of quaternary nitrogens is 1. The van der Waals surface area contributed by atoms with Crippen LogP contribution in [-0.4, -0.2) is 40.3 Å². The van der Waals surface area contributed by atoms with Crippen molar-refractivity contribution >= 4 is 11.6 Å². The minimum Gasteiger partial charge on any atom is -0.484 e. The summed E-state index contributed by atoms with van der Waals surface area (Å²) >= 11 is 6.35. The van der Waals surface area contributed by atoms with Gasteiger partial charge in [0.25, 0.3) is 0 Å². The summed E-state index contributed by atoms with van der Waals surface area (Å²) in [5.74, 6) is 2.49. The van der Waals surface area contributed by atoms with Crippen molar-refractivity contribution in [2.24, 2.45) is 5.92 Å². The number of aliphatic hydroxyl groups is 1. The van der Waals surface area contributed by atoms with Gasteiger partial charge in [0.05, 0.1) is 19.3 Å². The van der Waals surface area contributed by atoms with Gasteiger partial charge in [-0.25, -0.2) is 4.98 Å². The maximum absolute atomic E-state index is 12.0. The largest absolute Gasteiger partial charge is 0.484 e. The first-order chi connectivity index (χ1) is 18.0. The van der Waals surface area contributed by atoms with Crippen molar-refractivity contribution in [3.8, 4) is 5.75 Å². The van der Waals surface area contributed by atoms with Gasteiger partial charge in [0.2, 0.25) is 5.89 Å². The summed E-state index contributed by atoms with van der Waals surface area (Å²) in [7, 11) is 0. The summed E-state index contributed by atoms with van der Waals surface area (Å²) in [6.07, 6.45) is 4.19. The number of aryl methyl sites for hydroxylation is 1. The number of hydrogen-bond donors (Lipinski definition) is 1. The van der Waals surface area contributed by atoms with Crippen molar-refractivity contribution in [1.82, 2.24) is 4.98 Å². The molecule has 3 fully saturated rings. The normalized spacial score (nSPS) is 23.2. The lowest BCUT2D eigenvalue weighted by Crippen LogP contribution is -2.64. The second-order valence-electron chi connectivity index (χ2n) is 10.6. The molecule has 2 bridgehead atoms. The summed E-state index contributed by atoms with van der Waals surface area (Å²) in [5.41, 5.74) is 1.04. The molecule has 0 spiro atoms. The molecule has 3 saturated heterocycles. The van der Waals surface area contributed by atoms with E-state index in [1.165, 1.54) is 0 Å². The monoisotopic (exact) mass is 515 g/mol. The highest BCUT2D eigenvalue weighted by Crippen LogP contribution is 2.40. The highest BCUT2D eigenvalue weighted by molar-refractivity contribution is 6.31. The third-order valence-corrected chi connectivity index (χ3v) is 8.62. The predicted molar refractivity (Wildman–Crippen MR) is 143 cm³/mol. The molecule has 6 heteroatoms. The third kappa shape index (κ3) is 4.56. The first kappa shape index (κ1) is 24.2. The van der Waals surface area contributed by atoms with E-state index in [4.69, 9.17) is 20.8 Å². The van der Waals surface area contributed by atoms with E-state index in [1.54, 1.807) is 6.20 Å². The fourth-order valence-corrected chi connectivity index (χ4v) is 6.22. The average molecular weight is 516 g/mol. The predicted octanol–water partition coefficient (Wildman–Crippen LogP) is 6.11. The molecule has 1 unspecified atom stereocenters. The zero-order valence-electron chi connectivity index (χ0n) is 21.0. The van der Waals surface area contributed by atoms with Crippen molar-refractivity contribution in [1.29, 1.82) is 0 Å². The van der Waals surface area contributed by atoms with E-state index >= 15 is 0 Å². The molecule has 3 aliphatic rings. The molecular weight excluding hydrogens is 484 g/mol. The number of piperidine rings is 3. The molecule has 0 saturated carbocycles. The summed E-state index contributed by atoms with van der Waals surface area (Å²) in [4.78, 5) is 4.62. The second-order valence-corrected chi connectivity index (χ2v) is 11.0. The van der Waals surface area contributed by atoms with E-state index < -0.39 is 5.60 Å². The zero-order chi connectivity index (χ0) is 25.5. The van der Waals surface area contributed by atoms with Crippen LogP contribution in [0.1, 0.15) is 41.2 Å². The van der Waals surface area contributed by atoms with E-state index in [0.717, 1.165) is 76.7 Å². The molecule has 1 aromatic heterocycles. The van der Waals surface area contributed by atoms with Gasteiger partial charge in [0.1, 0.15) is 18.8 Å². The number of aromatic nitrogens is 1. The van der Waals surface area contributed by atoms with Gasteiger partial charge >= 0.3 is 0 Å². The molecule has 37 heavy (non-hydrogen) atoms. The van der Waals surface area contributed by atoms with Gasteiger partial charge in [-0.1, -0.05) is 78.3 Å². The number of ether oxygens (including phenoxy) is 1. The Balaban J connectivity index is 1.25. The van der Waals surface area contributed by atoms with Crippen LogP contribution in [0, 0.1) is 12.8 Å². The lowest BCUT2D eigenvalue weighted by molar-refractivity contribution is -0.958. The molecule has 0 aliphatic carbocycles. The van der Waals surface area contributed by atoms with Crippen molar-refractivity contribution in [3.05, 3.63) is 118 Å². The first-order valence-electron chi connectivity index (χ1n) is 13.0. The van der Waals surface area contributed by atoms with Gasteiger partial charge in [-0.05, 0) is 35.7 Å². The Hall–Kier alpha value is -3.12. The number of oxazole rings is 1. The minimum atomic E-state index is -1.47. The Morgan fingerprint density at radius 2 is 1.65 bits per heavy atom. The van der Waals surface area contributed by atoms with Crippen LogP contribution in [0.4, 0.5) is 0 Å². The van der Waals surface area contributed by atoms with E-state index in [9.17, 15) is 5.11 Å².